The van der Waals surface area contributed by atoms with E-state index in [1.165, 1.54) is 11.0 Å². The van der Waals surface area contributed by atoms with Gasteiger partial charge in [-0.2, -0.15) is 0 Å². The molecule has 4 rings (SSSR count). The molecule has 0 aromatic heterocycles. The fraction of sp³-hybridized carbons (Fsp3) is 0.571. The third kappa shape index (κ3) is 4.27. The molecule has 3 heterocycles. The lowest BCUT2D eigenvalue weighted by atomic mass is 10.1. The Balaban J connectivity index is 1.29. The largest absolute Gasteiger partial charge is 0.342 e. The zero-order valence-corrected chi connectivity index (χ0v) is 16.6. The predicted molar refractivity (Wildman–Crippen MR) is 106 cm³/mol. The van der Waals surface area contributed by atoms with Crippen molar-refractivity contribution in [3.63, 3.8) is 0 Å². The van der Waals surface area contributed by atoms with Crippen LogP contribution in [0.5, 0.6) is 0 Å². The molecule has 3 aliphatic rings. The molecule has 1 unspecified atom stereocenters. The molecule has 0 radical (unpaired) electrons. The Labute approximate surface area is 170 Å². The Kier molecular flexibility index (Phi) is 5.80. The molecule has 0 bridgehead atoms. The fourth-order valence-corrected chi connectivity index (χ4v) is 4.42. The molecule has 1 aromatic carbocycles. The number of amides is 3. The minimum atomic E-state index is -0.453. The first-order valence-corrected chi connectivity index (χ1v) is 10.4. The summed E-state index contributed by atoms with van der Waals surface area (Å²) in [5.74, 6) is -1.000. The third-order valence-corrected chi connectivity index (χ3v) is 6.12. The predicted octanol–water partition coefficient (Wildman–Crippen LogP) is 0.945. The zero-order valence-electron chi connectivity index (χ0n) is 16.6. The molecule has 29 heavy (non-hydrogen) atoms. The van der Waals surface area contributed by atoms with Crippen molar-refractivity contribution >= 4 is 23.4 Å². The molecule has 0 N–H and O–H groups in total. The van der Waals surface area contributed by atoms with Gasteiger partial charge in [-0.25, -0.2) is 4.39 Å². The van der Waals surface area contributed by atoms with Crippen molar-refractivity contribution in [3.8, 4) is 0 Å². The van der Waals surface area contributed by atoms with Gasteiger partial charge in [0.15, 0.2) is 0 Å². The number of para-hydroxylation sites is 1. The number of benzene rings is 1. The van der Waals surface area contributed by atoms with E-state index in [0.717, 1.165) is 25.9 Å². The number of rotatable bonds is 4. The molecule has 8 heteroatoms. The number of likely N-dealkylation sites (tertiary alicyclic amines) is 1. The second-order valence-electron chi connectivity index (χ2n) is 8.05. The molecule has 0 saturated carbocycles. The van der Waals surface area contributed by atoms with Crippen LogP contribution in [-0.2, 0) is 14.4 Å². The summed E-state index contributed by atoms with van der Waals surface area (Å²) in [6.45, 7) is 4.74. The molecule has 7 nitrogen and oxygen atoms in total. The van der Waals surface area contributed by atoms with Crippen molar-refractivity contribution in [2.75, 3.05) is 57.3 Å². The maximum absolute atomic E-state index is 14.0. The highest BCUT2D eigenvalue weighted by atomic mass is 19.1. The number of carbonyl (C=O) groups excluding carboxylic acids is 3. The zero-order chi connectivity index (χ0) is 20.4. The van der Waals surface area contributed by atoms with Gasteiger partial charge in [-0.3, -0.25) is 19.3 Å². The van der Waals surface area contributed by atoms with E-state index in [1.54, 1.807) is 23.1 Å². The first-order valence-electron chi connectivity index (χ1n) is 10.4. The van der Waals surface area contributed by atoms with Gasteiger partial charge in [0.05, 0.1) is 18.2 Å². The highest BCUT2D eigenvalue weighted by molar-refractivity contribution is 6.00. The van der Waals surface area contributed by atoms with E-state index in [0.29, 0.717) is 32.7 Å². The molecule has 3 amide bonds. The maximum atomic E-state index is 14.0. The van der Waals surface area contributed by atoms with Crippen LogP contribution in [0.3, 0.4) is 0 Å². The van der Waals surface area contributed by atoms with Gasteiger partial charge in [0.25, 0.3) is 0 Å². The quantitative estimate of drug-likeness (QED) is 0.752. The summed E-state index contributed by atoms with van der Waals surface area (Å²) in [6, 6.07) is 6.15. The van der Waals surface area contributed by atoms with Gasteiger partial charge in [0.1, 0.15) is 5.82 Å². The van der Waals surface area contributed by atoms with Crippen molar-refractivity contribution in [2.45, 2.75) is 19.3 Å². The van der Waals surface area contributed by atoms with Crippen LogP contribution in [-0.4, -0.2) is 84.8 Å². The van der Waals surface area contributed by atoms with E-state index in [2.05, 4.69) is 4.90 Å². The van der Waals surface area contributed by atoms with Crippen molar-refractivity contribution in [2.24, 2.45) is 5.92 Å². The second-order valence-corrected chi connectivity index (χ2v) is 8.05. The Morgan fingerprint density at radius 3 is 2.34 bits per heavy atom. The normalized spacial score (nSPS) is 23.1. The van der Waals surface area contributed by atoms with Gasteiger partial charge < -0.3 is 14.7 Å². The molecule has 3 saturated heterocycles. The first kappa shape index (κ1) is 19.8. The Morgan fingerprint density at radius 2 is 1.66 bits per heavy atom. The minimum Gasteiger partial charge on any atom is -0.342 e. The number of carbonyl (C=O) groups is 3. The van der Waals surface area contributed by atoms with E-state index in [9.17, 15) is 18.8 Å². The number of hydrogen-bond donors (Lipinski definition) is 0. The smallest absolute Gasteiger partial charge is 0.236 e. The summed E-state index contributed by atoms with van der Waals surface area (Å²) in [5, 5.41) is 0. The summed E-state index contributed by atoms with van der Waals surface area (Å²) in [6.07, 6.45) is 2.27. The second kappa shape index (κ2) is 8.49. The van der Waals surface area contributed by atoms with Gasteiger partial charge in [0.2, 0.25) is 17.7 Å². The van der Waals surface area contributed by atoms with Crippen molar-refractivity contribution in [1.82, 2.24) is 14.7 Å². The average Bonchev–Trinajstić information content (AvgIpc) is 3.39. The summed E-state index contributed by atoms with van der Waals surface area (Å²) < 4.78 is 14.0. The van der Waals surface area contributed by atoms with Crippen LogP contribution in [0.1, 0.15) is 19.3 Å². The van der Waals surface area contributed by atoms with Gasteiger partial charge in [-0.15, -0.1) is 0 Å². The van der Waals surface area contributed by atoms with E-state index >= 15 is 0 Å². The van der Waals surface area contributed by atoms with Crippen LogP contribution in [0.15, 0.2) is 24.3 Å². The standard InChI is InChI=1S/C21H27FN4O3/c22-17-5-1-2-6-18(17)26-14-16(13-19(26)27)21(29)25-11-9-23(10-12-25)15-20(28)24-7-3-4-8-24/h1-2,5-6,16H,3-4,7-15H2. The summed E-state index contributed by atoms with van der Waals surface area (Å²) >= 11 is 0. The van der Waals surface area contributed by atoms with Crippen LogP contribution in [0.25, 0.3) is 0 Å². The Hall–Kier alpha value is -2.48. The molecule has 3 fully saturated rings. The Morgan fingerprint density at radius 1 is 0.966 bits per heavy atom. The summed E-state index contributed by atoms with van der Waals surface area (Å²) in [5.41, 5.74) is 0.234. The van der Waals surface area contributed by atoms with Crippen molar-refractivity contribution in [1.29, 1.82) is 0 Å². The number of piperazine rings is 1. The van der Waals surface area contributed by atoms with E-state index < -0.39 is 11.7 Å². The lowest BCUT2D eigenvalue weighted by Gasteiger charge is -2.36. The molecule has 0 aliphatic carbocycles. The number of halogens is 1. The summed E-state index contributed by atoms with van der Waals surface area (Å²) in [7, 11) is 0. The maximum Gasteiger partial charge on any atom is 0.236 e. The molecule has 0 spiro atoms. The first-order chi connectivity index (χ1) is 14.0. The van der Waals surface area contributed by atoms with E-state index in [-0.39, 0.29) is 36.4 Å². The Bertz CT molecular complexity index is 788. The molecule has 156 valence electrons. The minimum absolute atomic E-state index is 0.0530. The van der Waals surface area contributed by atoms with E-state index in [1.807, 2.05) is 4.90 Å². The topological polar surface area (TPSA) is 64.2 Å². The number of anilines is 1. The highest BCUT2D eigenvalue weighted by Crippen LogP contribution is 2.28. The van der Waals surface area contributed by atoms with Gasteiger partial charge in [0, 0.05) is 52.2 Å². The molecule has 1 atom stereocenters. The number of hydrogen-bond acceptors (Lipinski definition) is 4. The van der Waals surface area contributed by atoms with Crippen molar-refractivity contribution < 1.29 is 18.8 Å². The molecular formula is C21H27FN4O3. The molecule has 3 aliphatic heterocycles. The monoisotopic (exact) mass is 402 g/mol. The van der Waals surface area contributed by atoms with Crippen LogP contribution in [0.4, 0.5) is 10.1 Å². The van der Waals surface area contributed by atoms with Gasteiger partial charge >= 0.3 is 0 Å². The SMILES string of the molecule is O=C(CN1CCN(C(=O)C2CC(=O)N(c3ccccc3F)C2)CC1)N1CCCC1. The van der Waals surface area contributed by atoms with Gasteiger partial charge in [-0.1, -0.05) is 12.1 Å². The van der Waals surface area contributed by atoms with Crippen LogP contribution < -0.4 is 4.90 Å². The fourth-order valence-electron chi connectivity index (χ4n) is 4.42. The lowest BCUT2D eigenvalue weighted by Crippen LogP contribution is -2.52. The van der Waals surface area contributed by atoms with Crippen LogP contribution >= 0.6 is 0 Å². The molecule has 1 aromatic rings. The van der Waals surface area contributed by atoms with E-state index in [4.69, 9.17) is 0 Å². The number of nitrogens with zero attached hydrogens (tertiary/aromatic N) is 4. The van der Waals surface area contributed by atoms with Crippen molar-refractivity contribution in [3.05, 3.63) is 30.1 Å². The lowest BCUT2D eigenvalue weighted by molar-refractivity contribution is -0.138. The van der Waals surface area contributed by atoms with Gasteiger partial charge in [-0.05, 0) is 25.0 Å². The average molecular weight is 402 g/mol. The van der Waals surface area contributed by atoms with Crippen LogP contribution in [0, 0.1) is 11.7 Å². The van der Waals surface area contributed by atoms with Crippen LogP contribution in [0.2, 0.25) is 0 Å². The third-order valence-electron chi connectivity index (χ3n) is 6.12. The highest BCUT2D eigenvalue weighted by Gasteiger charge is 2.38. The molecular weight excluding hydrogens is 375 g/mol. The summed E-state index contributed by atoms with van der Waals surface area (Å²) in [4.78, 5) is 44.7.